The summed E-state index contributed by atoms with van der Waals surface area (Å²) in [6, 6.07) is 0. The van der Waals surface area contributed by atoms with E-state index < -0.39 is 0 Å². The molecule has 0 unspecified atom stereocenters. The first-order valence-corrected chi connectivity index (χ1v) is 7.70. The molecule has 0 amide bonds. The zero-order valence-corrected chi connectivity index (χ0v) is 16.4. The van der Waals surface area contributed by atoms with Crippen LogP contribution in [0, 0.1) is 13.8 Å². The summed E-state index contributed by atoms with van der Waals surface area (Å²) in [4.78, 5) is 10.1. The van der Waals surface area contributed by atoms with E-state index in [2.05, 4.69) is 37.7 Å². The molecule has 9 heteroatoms. The highest BCUT2D eigenvalue weighted by atomic mass is 127. The van der Waals surface area contributed by atoms with Crippen molar-refractivity contribution in [3.8, 4) is 0 Å². The van der Waals surface area contributed by atoms with Gasteiger partial charge in [0.15, 0.2) is 11.8 Å². The second-order valence-corrected chi connectivity index (χ2v) is 5.96. The first kappa shape index (κ1) is 18.8. The van der Waals surface area contributed by atoms with E-state index in [-0.39, 0.29) is 24.0 Å². The Balaban J connectivity index is 0.00000242. The number of halogens is 1. The van der Waals surface area contributed by atoms with Gasteiger partial charge in [0.2, 0.25) is 0 Å². The van der Waals surface area contributed by atoms with Crippen molar-refractivity contribution in [3.05, 3.63) is 27.7 Å². The van der Waals surface area contributed by atoms with Crippen molar-refractivity contribution in [1.82, 2.24) is 30.4 Å². The molecular formula is C13H22IN7S. The summed E-state index contributed by atoms with van der Waals surface area (Å²) in [5.74, 6) is 2.48. The Kier molecular flexibility index (Phi) is 7.73. The minimum Gasteiger partial charge on any atom is -0.357 e. The van der Waals surface area contributed by atoms with Gasteiger partial charge in [-0.1, -0.05) is 0 Å². The maximum Gasteiger partial charge on any atom is 0.192 e. The SMILES string of the molecule is CCNC(=NCc1nnc(C)n1C)NCc1ncc(C)s1.I. The molecule has 2 heterocycles. The van der Waals surface area contributed by atoms with Crippen LogP contribution in [0.4, 0.5) is 0 Å². The number of hydrogen-bond acceptors (Lipinski definition) is 5. The summed E-state index contributed by atoms with van der Waals surface area (Å²) in [7, 11) is 1.94. The average molecular weight is 435 g/mol. The van der Waals surface area contributed by atoms with Gasteiger partial charge in [0.25, 0.3) is 0 Å². The second-order valence-electron chi connectivity index (χ2n) is 4.64. The van der Waals surface area contributed by atoms with E-state index in [1.807, 2.05) is 31.7 Å². The summed E-state index contributed by atoms with van der Waals surface area (Å²) < 4.78 is 1.94. The Bertz CT molecular complexity index is 620. The van der Waals surface area contributed by atoms with E-state index in [0.29, 0.717) is 13.1 Å². The van der Waals surface area contributed by atoms with Crippen LogP contribution in [0.15, 0.2) is 11.2 Å². The predicted octanol–water partition coefficient (Wildman–Crippen LogP) is 1.76. The van der Waals surface area contributed by atoms with Gasteiger partial charge in [0, 0.05) is 24.7 Å². The van der Waals surface area contributed by atoms with E-state index in [4.69, 9.17) is 0 Å². The lowest BCUT2D eigenvalue weighted by Crippen LogP contribution is -2.36. The summed E-state index contributed by atoms with van der Waals surface area (Å²) >= 11 is 1.69. The highest BCUT2D eigenvalue weighted by Crippen LogP contribution is 2.10. The third-order valence-corrected chi connectivity index (χ3v) is 3.89. The van der Waals surface area contributed by atoms with Gasteiger partial charge in [0.1, 0.15) is 17.4 Å². The van der Waals surface area contributed by atoms with E-state index in [1.165, 1.54) is 4.88 Å². The number of guanidine groups is 1. The summed E-state index contributed by atoms with van der Waals surface area (Å²) in [5, 5.41) is 15.7. The van der Waals surface area contributed by atoms with Crippen LogP contribution >= 0.6 is 35.3 Å². The fourth-order valence-electron chi connectivity index (χ4n) is 1.72. The van der Waals surface area contributed by atoms with Crippen LogP contribution in [0.5, 0.6) is 0 Å². The number of thiazole rings is 1. The van der Waals surface area contributed by atoms with Gasteiger partial charge in [-0.15, -0.1) is 45.5 Å². The van der Waals surface area contributed by atoms with E-state index >= 15 is 0 Å². The van der Waals surface area contributed by atoms with E-state index in [9.17, 15) is 0 Å². The molecule has 0 saturated heterocycles. The molecular weight excluding hydrogens is 413 g/mol. The molecule has 0 aliphatic heterocycles. The van der Waals surface area contributed by atoms with Crippen molar-refractivity contribution in [2.24, 2.45) is 12.0 Å². The van der Waals surface area contributed by atoms with Gasteiger partial charge in [-0.25, -0.2) is 9.98 Å². The number of aliphatic imine (C=N–C) groups is 1. The van der Waals surface area contributed by atoms with Gasteiger partial charge in [-0.05, 0) is 20.8 Å². The smallest absolute Gasteiger partial charge is 0.192 e. The largest absolute Gasteiger partial charge is 0.357 e. The lowest BCUT2D eigenvalue weighted by molar-refractivity contribution is 0.755. The van der Waals surface area contributed by atoms with Crippen molar-refractivity contribution in [1.29, 1.82) is 0 Å². The molecule has 0 aromatic carbocycles. The molecule has 0 aliphatic carbocycles. The number of aryl methyl sites for hydroxylation is 2. The lowest BCUT2D eigenvalue weighted by Gasteiger charge is -2.09. The molecule has 0 radical (unpaired) electrons. The zero-order valence-electron chi connectivity index (χ0n) is 13.3. The first-order chi connectivity index (χ1) is 10.1. The third kappa shape index (κ3) is 5.20. The number of hydrogen-bond donors (Lipinski definition) is 2. The van der Waals surface area contributed by atoms with Crippen LogP contribution in [-0.2, 0) is 20.1 Å². The molecule has 2 rings (SSSR count). The minimum atomic E-state index is 0. The molecule has 122 valence electrons. The second kappa shape index (κ2) is 9.03. The Morgan fingerprint density at radius 1 is 1.32 bits per heavy atom. The molecule has 0 atom stereocenters. The molecule has 0 bridgehead atoms. The maximum absolute atomic E-state index is 4.53. The Labute approximate surface area is 151 Å². The topological polar surface area (TPSA) is 80.0 Å². The molecule has 7 nitrogen and oxygen atoms in total. The molecule has 22 heavy (non-hydrogen) atoms. The summed E-state index contributed by atoms with van der Waals surface area (Å²) in [6.45, 7) is 7.98. The van der Waals surface area contributed by atoms with Gasteiger partial charge < -0.3 is 15.2 Å². The van der Waals surface area contributed by atoms with Gasteiger partial charge >= 0.3 is 0 Å². The molecule has 0 spiro atoms. The van der Waals surface area contributed by atoms with E-state index in [0.717, 1.165) is 29.2 Å². The zero-order chi connectivity index (χ0) is 15.2. The van der Waals surface area contributed by atoms with Crippen molar-refractivity contribution >= 4 is 41.3 Å². The normalized spacial score (nSPS) is 11.2. The standard InChI is InChI=1S/C13H21N7S.HI/c1-5-14-13(17-8-12-15-6-9(2)21-12)16-7-11-19-18-10(3)20(11)4;/h6H,5,7-8H2,1-4H3,(H2,14,16,17);1H. The third-order valence-electron chi connectivity index (χ3n) is 2.98. The molecule has 0 saturated carbocycles. The van der Waals surface area contributed by atoms with E-state index in [1.54, 1.807) is 11.3 Å². The van der Waals surface area contributed by atoms with Crippen LogP contribution < -0.4 is 10.6 Å². The van der Waals surface area contributed by atoms with Crippen LogP contribution in [-0.4, -0.2) is 32.3 Å². The summed E-state index contributed by atoms with van der Waals surface area (Å²) in [6.07, 6.45) is 1.88. The molecule has 0 aliphatic rings. The van der Waals surface area contributed by atoms with Crippen LogP contribution in [0.25, 0.3) is 0 Å². The number of nitrogens with one attached hydrogen (secondary N) is 2. The number of nitrogens with zero attached hydrogens (tertiary/aromatic N) is 5. The van der Waals surface area contributed by atoms with Gasteiger partial charge in [-0.2, -0.15) is 0 Å². The fraction of sp³-hybridized carbons (Fsp3) is 0.538. The lowest BCUT2D eigenvalue weighted by atomic mass is 10.5. The van der Waals surface area contributed by atoms with Crippen LogP contribution in [0.3, 0.4) is 0 Å². The van der Waals surface area contributed by atoms with Crippen molar-refractivity contribution in [3.63, 3.8) is 0 Å². The Morgan fingerprint density at radius 2 is 2.09 bits per heavy atom. The molecule has 2 aromatic heterocycles. The Morgan fingerprint density at radius 3 is 2.64 bits per heavy atom. The van der Waals surface area contributed by atoms with Gasteiger partial charge in [-0.3, -0.25) is 0 Å². The van der Waals surface area contributed by atoms with Crippen molar-refractivity contribution in [2.45, 2.75) is 33.9 Å². The molecule has 0 fully saturated rings. The summed E-state index contributed by atoms with van der Waals surface area (Å²) in [5.41, 5.74) is 0. The fourth-order valence-corrected chi connectivity index (χ4v) is 2.45. The monoisotopic (exact) mass is 435 g/mol. The average Bonchev–Trinajstić information content (AvgIpc) is 3.01. The minimum absolute atomic E-state index is 0. The van der Waals surface area contributed by atoms with Crippen LogP contribution in [0.1, 0.15) is 28.5 Å². The quantitative estimate of drug-likeness (QED) is 0.425. The molecule has 2 aromatic rings. The first-order valence-electron chi connectivity index (χ1n) is 6.88. The number of rotatable bonds is 5. The van der Waals surface area contributed by atoms with Crippen LogP contribution in [0.2, 0.25) is 0 Å². The van der Waals surface area contributed by atoms with Crippen molar-refractivity contribution in [2.75, 3.05) is 6.54 Å². The van der Waals surface area contributed by atoms with Crippen molar-refractivity contribution < 1.29 is 0 Å². The maximum atomic E-state index is 4.53. The highest BCUT2D eigenvalue weighted by molar-refractivity contribution is 14.0. The highest BCUT2D eigenvalue weighted by Gasteiger charge is 2.05. The molecule has 2 N–H and O–H groups in total. The number of aromatic nitrogens is 4. The van der Waals surface area contributed by atoms with Gasteiger partial charge in [0.05, 0.1) is 6.54 Å². The Hall–Kier alpha value is -1.23. The predicted molar refractivity (Wildman–Crippen MR) is 99.7 cm³/mol.